The smallest absolute Gasteiger partial charge is 0.158 e. The van der Waals surface area contributed by atoms with Crippen molar-refractivity contribution < 1.29 is 0 Å². The summed E-state index contributed by atoms with van der Waals surface area (Å²) in [4.78, 5) is 16.7. The van der Waals surface area contributed by atoms with Crippen LogP contribution in [0.5, 0.6) is 0 Å². The van der Waals surface area contributed by atoms with Gasteiger partial charge in [-0.2, -0.15) is 0 Å². The predicted molar refractivity (Wildman–Crippen MR) is 118 cm³/mol. The molecule has 0 aromatic heterocycles. The van der Waals surface area contributed by atoms with E-state index in [1.165, 1.54) is 11.3 Å². The van der Waals surface area contributed by atoms with Crippen molar-refractivity contribution in [2.24, 2.45) is 9.98 Å². The van der Waals surface area contributed by atoms with Gasteiger partial charge >= 0.3 is 0 Å². The fourth-order valence-electron chi connectivity index (χ4n) is 4.11. The highest BCUT2D eigenvalue weighted by Crippen LogP contribution is 2.36. The van der Waals surface area contributed by atoms with Crippen LogP contribution in [-0.2, 0) is 6.42 Å². The summed E-state index contributed by atoms with van der Waals surface area (Å²) in [5, 5.41) is 0. The van der Waals surface area contributed by atoms with Gasteiger partial charge in [0, 0.05) is 51.0 Å². The second kappa shape index (κ2) is 7.76. The first-order valence-electron chi connectivity index (χ1n) is 10.1. The minimum atomic E-state index is 0.749. The Morgan fingerprint density at radius 3 is 2.64 bits per heavy atom. The van der Waals surface area contributed by atoms with Crippen LogP contribution >= 0.6 is 0 Å². The highest BCUT2D eigenvalue weighted by Gasteiger charge is 2.29. The van der Waals surface area contributed by atoms with Crippen LogP contribution in [-0.4, -0.2) is 61.5 Å². The van der Waals surface area contributed by atoms with E-state index in [0.717, 1.165) is 74.1 Å². The average Bonchev–Trinajstić information content (AvgIpc) is 3.30. The van der Waals surface area contributed by atoms with Crippen molar-refractivity contribution in [2.75, 3.05) is 44.7 Å². The molecule has 0 spiro atoms. The van der Waals surface area contributed by atoms with Gasteiger partial charge < -0.3 is 14.7 Å². The zero-order valence-corrected chi connectivity index (χ0v) is 17.0. The molecule has 5 nitrogen and oxygen atoms in total. The normalized spacial score (nSPS) is 22.1. The van der Waals surface area contributed by atoms with Crippen molar-refractivity contribution in [1.82, 2.24) is 9.80 Å². The molecule has 4 rings (SSSR count). The zero-order valence-electron chi connectivity index (χ0n) is 17.0. The van der Waals surface area contributed by atoms with Crippen LogP contribution in [0, 0.1) is 0 Å². The highest BCUT2D eigenvalue weighted by atomic mass is 15.3. The highest BCUT2D eigenvalue weighted by molar-refractivity contribution is 6.04. The summed E-state index contributed by atoms with van der Waals surface area (Å²) in [7, 11) is 2.17. The predicted octanol–water partition coefficient (Wildman–Crippen LogP) is 3.47. The van der Waals surface area contributed by atoms with E-state index in [4.69, 9.17) is 9.98 Å². The maximum Gasteiger partial charge on any atom is 0.158 e. The van der Waals surface area contributed by atoms with E-state index in [0.29, 0.717) is 0 Å². The fourth-order valence-corrected chi connectivity index (χ4v) is 4.11. The third kappa shape index (κ3) is 3.42. The van der Waals surface area contributed by atoms with Crippen molar-refractivity contribution >= 4 is 17.6 Å². The van der Waals surface area contributed by atoms with Crippen LogP contribution in [0.3, 0.4) is 0 Å². The fraction of sp³-hybridized carbons (Fsp3) is 0.391. The molecule has 1 aromatic rings. The minimum absolute atomic E-state index is 0.749. The second-order valence-electron chi connectivity index (χ2n) is 7.67. The van der Waals surface area contributed by atoms with Gasteiger partial charge in [-0.25, -0.2) is 9.98 Å². The van der Waals surface area contributed by atoms with Crippen LogP contribution in [0.4, 0.5) is 5.69 Å². The Labute approximate surface area is 168 Å². The average molecular weight is 376 g/mol. The Balaban J connectivity index is 1.66. The van der Waals surface area contributed by atoms with Gasteiger partial charge in [0.25, 0.3) is 0 Å². The second-order valence-corrected chi connectivity index (χ2v) is 7.67. The van der Waals surface area contributed by atoms with E-state index in [2.05, 4.69) is 59.2 Å². The molecule has 1 aromatic carbocycles. The molecule has 146 valence electrons. The van der Waals surface area contributed by atoms with Gasteiger partial charge in [-0.15, -0.1) is 0 Å². The van der Waals surface area contributed by atoms with Crippen LogP contribution in [0.1, 0.15) is 18.9 Å². The number of nitrogens with zero attached hydrogens (tertiary/aromatic N) is 5. The van der Waals surface area contributed by atoms with E-state index in [1.54, 1.807) is 0 Å². The van der Waals surface area contributed by atoms with Crippen molar-refractivity contribution in [3.05, 3.63) is 65.8 Å². The van der Waals surface area contributed by atoms with E-state index >= 15 is 0 Å². The van der Waals surface area contributed by atoms with E-state index in [9.17, 15) is 0 Å². The molecule has 0 saturated carbocycles. The lowest BCUT2D eigenvalue weighted by molar-refractivity contribution is 0.193. The first-order chi connectivity index (χ1) is 13.6. The van der Waals surface area contributed by atoms with E-state index in [1.807, 2.05) is 13.1 Å². The van der Waals surface area contributed by atoms with Gasteiger partial charge in [0.2, 0.25) is 0 Å². The molecular formula is C23H29N5. The molecule has 1 fully saturated rings. The molecule has 0 N–H and O–H groups in total. The molecule has 0 unspecified atom stereocenters. The summed E-state index contributed by atoms with van der Waals surface area (Å²) >= 11 is 0. The SMILES string of the molecule is C=C1CC(C(=C)N2CCN(C)CC2)=N/C1=C(/N=CC)N1CCc2ccccc21. The molecule has 0 bridgehead atoms. The van der Waals surface area contributed by atoms with Gasteiger partial charge in [0.15, 0.2) is 5.82 Å². The van der Waals surface area contributed by atoms with Gasteiger partial charge in [0.1, 0.15) is 5.70 Å². The van der Waals surface area contributed by atoms with Crippen molar-refractivity contribution in [1.29, 1.82) is 0 Å². The molecule has 0 radical (unpaired) electrons. The molecule has 0 amide bonds. The van der Waals surface area contributed by atoms with Crippen molar-refractivity contribution in [2.45, 2.75) is 19.8 Å². The molecule has 0 atom stereocenters. The number of fused-ring (bicyclic) bond motifs is 1. The van der Waals surface area contributed by atoms with Crippen LogP contribution in [0.15, 0.2) is 70.2 Å². The molecule has 28 heavy (non-hydrogen) atoms. The van der Waals surface area contributed by atoms with Crippen LogP contribution in [0.25, 0.3) is 0 Å². The number of hydrogen-bond acceptors (Lipinski definition) is 5. The number of para-hydroxylation sites is 1. The number of rotatable bonds is 4. The van der Waals surface area contributed by atoms with Crippen LogP contribution in [0.2, 0.25) is 0 Å². The number of hydrogen-bond donors (Lipinski definition) is 0. The summed E-state index contributed by atoms with van der Waals surface area (Å²) < 4.78 is 0. The van der Waals surface area contributed by atoms with Crippen molar-refractivity contribution in [3.63, 3.8) is 0 Å². The lowest BCUT2D eigenvalue weighted by Gasteiger charge is -2.35. The first-order valence-corrected chi connectivity index (χ1v) is 10.1. The largest absolute Gasteiger partial charge is 0.368 e. The van der Waals surface area contributed by atoms with E-state index in [-0.39, 0.29) is 0 Å². The third-order valence-corrected chi connectivity index (χ3v) is 5.79. The Hall–Kier alpha value is -2.66. The number of likely N-dealkylation sites (N-methyl/N-ethyl adjacent to an activating group) is 1. The van der Waals surface area contributed by atoms with Gasteiger partial charge in [-0.05, 0) is 37.6 Å². The topological polar surface area (TPSA) is 34.4 Å². The van der Waals surface area contributed by atoms with Gasteiger partial charge in [0.05, 0.1) is 11.4 Å². The molecule has 3 aliphatic heterocycles. The number of piperazine rings is 1. The Morgan fingerprint density at radius 1 is 1.14 bits per heavy atom. The van der Waals surface area contributed by atoms with E-state index < -0.39 is 0 Å². The maximum absolute atomic E-state index is 4.99. The lowest BCUT2D eigenvalue weighted by atomic mass is 10.1. The lowest BCUT2D eigenvalue weighted by Crippen LogP contribution is -2.44. The Kier molecular flexibility index (Phi) is 5.18. The van der Waals surface area contributed by atoms with Gasteiger partial charge in [-0.3, -0.25) is 0 Å². The monoisotopic (exact) mass is 375 g/mol. The number of allylic oxidation sites excluding steroid dienone is 2. The molecule has 1 saturated heterocycles. The molecular weight excluding hydrogens is 346 g/mol. The number of aliphatic imine (C=N–C) groups is 2. The third-order valence-electron chi connectivity index (χ3n) is 5.79. The summed E-state index contributed by atoms with van der Waals surface area (Å²) in [5.74, 6) is 0.902. The zero-order chi connectivity index (χ0) is 19.7. The van der Waals surface area contributed by atoms with Crippen LogP contribution < -0.4 is 4.90 Å². The molecule has 3 heterocycles. The molecule has 3 aliphatic rings. The summed E-state index contributed by atoms with van der Waals surface area (Å²) in [6.45, 7) is 15.7. The molecule has 5 heteroatoms. The Morgan fingerprint density at radius 2 is 1.89 bits per heavy atom. The minimum Gasteiger partial charge on any atom is -0.368 e. The Bertz CT molecular complexity index is 884. The van der Waals surface area contributed by atoms with Crippen molar-refractivity contribution in [3.8, 4) is 0 Å². The first kappa shape index (κ1) is 18.7. The number of benzene rings is 1. The quantitative estimate of drug-likeness (QED) is 0.756. The molecule has 0 aliphatic carbocycles. The number of anilines is 1. The summed E-state index contributed by atoms with van der Waals surface area (Å²) in [6.07, 6.45) is 3.63. The van der Waals surface area contributed by atoms with Gasteiger partial charge in [-0.1, -0.05) is 31.4 Å². The summed E-state index contributed by atoms with van der Waals surface area (Å²) in [6, 6.07) is 8.55. The standard InChI is InChI=1S/C23H29N5/c1-5-24-23(28-11-10-19-8-6-7-9-21(19)28)22-17(2)16-20(25-22)18(3)27-14-12-26(4)13-15-27/h5-9H,2-3,10-16H2,1,4H3/b23-22-,24-5?. The summed E-state index contributed by atoms with van der Waals surface area (Å²) in [5.41, 5.74) is 6.58. The maximum atomic E-state index is 4.99.